The number of nitrogens with zero attached hydrogens (tertiary/aromatic N) is 4. The lowest BCUT2D eigenvalue weighted by atomic mass is 10.1. The SMILES string of the molecule is O=C(N[C@H]1CCn2nc(-c3ccnc(C(F)(F)F)c3)cc21)c1ccnc(OC(F)(F)F)c1. The van der Waals surface area contributed by atoms with Crippen LogP contribution in [0.2, 0.25) is 0 Å². The van der Waals surface area contributed by atoms with Gasteiger partial charge in [0.05, 0.1) is 17.4 Å². The molecule has 0 aliphatic carbocycles. The Morgan fingerprint density at radius 1 is 1.06 bits per heavy atom. The molecule has 3 aromatic heterocycles. The van der Waals surface area contributed by atoms with Gasteiger partial charge in [-0.25, -0.2) is 4.98 Å². The molecule has 0 unspecified atom stereocenters. The van der Waals surface area contributed by atoms with Crippen molar-refractivity contribution in [2.45, 2.75) is 31.5 Å². The predicted octanol–water partition coefficient (Wildman–Crippen LogP) is 4.13. The van der Waals surface area contributed by atoms with Crippen molar-refractivity contribution in [3.8, 4) is 17.1 Å². The number of aryl methyl sites for hydroxylation is 1. The molecule has 1 N–H and O–H groups in total. The molecular weight excluding hydrogens is 444 g/mol. The Kier molecular flexibility index (Phi) is 5.26. The van der Waals surface area contributed by atoms with E-state index in [1.54, 1.807) is 10.7 Å². The Morgan fingerprint density at radius 3 is 2.53 bits per heavy atom. The number of pyridine rings is 2. The molecule has 0 saturated heterocycles. The Morgan fingerprint density at radius 2 is 1.81 bits per heavy atom. The predicted molar refractivity (Wildman–Crippen MR) is 96.2 cm³/mol. The van der Waals surface area contributed by atoms with Gasteiger partial charge in [0.15, 0.2) is 0 Å². The van der Waals surface area contributed by atoms with Crippen LogP contribution in [0.3, 0.4) is 0 Å². The summed E-state index contributed by atoms with van der Waals surface area (Å²) in [5.41, 5.74) is -0.109. The number of nitrogens with one attached hydrogen (secondary N) is 1. The van der Waals surface area contributed by atoms with Crippen LogP contribution in [0.1, 0.15) is 34.2 Å². The largest absolute Gasteiger partial charge is 0.574 e. The minimum Gasteiger partial charge on any atom is -0.388 e. The molecule has 1 aliphatic rings. The van der Waals surface area contributed by atoms with Gasteiger partial charge < -0.3 is 10.1 Å². The number of ether oxygens (including phenoxy) is 1. The molecule has 0 saturated carbocycles. The molecule has 0 radical (unpaired) electrons. The molecule has 1 atom stereocenters. The molecule has 4 heterocycles. The lowest BCUT2D eigenvalue weighted by Gasteiger charge is -2.13. The minimum absolute atomic E-state index is 0.0959. The smallest absolute Gasteiger partial charge is 0.388 e. The molecule has 7 nitrogen and oxygen atoms in total. The van der Waals surface area contributed by atoms with E-state index in [4.69, 9.17) is 0 Å². The summed E-state index contributed by atoms with van der Waals surface area (Å²) >= 11 is 0. The van der Waals surface area contributed by atoms with Crippen molar-refractivity contribution >= 4 is 5.91 Å². The number of amides is 1. The maximum atomic E-state index is 12.9. The van der Waals surface area contributed by atoms with E-state index in [2.05, 4.69) is 25.1 Å². The Balaban J connectivity index is 1.52. The van der Waals surface area contributed by atoms with Gasteiger partial charge >= 0.3 is 12.5 Å². The number of carbonyl (C=O) groups is 1. The van der Waals surface area contributed by atoms with Gasteiger partial charge in [0.25, 0.3) is 5.91 Å². The third kappa shape index (κ3) is 4.65. The second kappa shape index (κ2) is 7.80. The van der Waals surface area contributed by atoms with Crippen molar-refractivity contribution in [3.05, 3.63) is 59.7 Å². The summed E-state index contributed by atoms with van der Waals surface area (Å²) in [6.45, 7) is 0.399. The van der Waals surface area contributed by atoms with Crippen LogP contribution in [0.25, 0.3) is 11.3 Å². The number of halogens is 6. The second-order valence-electron chi connectivity index (χ2n) is 6.85. The van der Waals surface area contributed by atoms with Crippen LogP contribution in [0, 0.1) is 0 Å². The average molecular weight is 457 g/mol. The third-order valence-corrected chi connectivity index (χ3v) is 4.67. The molecule has 0 fully saturated rings. The van der Waals surface area contributed by atoms with Gasteiger partial charge in [0.2, 0.25) is 5.88 Å². The first-order valence-electron chi connectivity index (χ1n) is 9.13. The topological polar surface area (TPSA) is 81.9 Å². The fourth-order valence-corrected chi connectivity index (χ4v) is 3.29. The molecule has 3 aromatic rings. The zero-order chi connectivity index (χ0) is 23.1. The van der Waals surface area contributed by atoms with E-state index >= 15 is 0 Å². The van der Waals surface area contributed by atoms with E-state index in [1.165, 1.54) is 12.1 Å². The van der Waals surface area contributed by atoms with Gasteiger partial charge in [-0.1, -0.05) is 0 Å². The van der Waals surface area contributed by atoms with Crippen LogP contribution in [-0.4, -0.2) is 32.0 Å². The highest BCUT2D eigenvalue weighted by atomic mass is 19.4. The molecule has 168 valence electrons. The summed E-state index contributed by atoms with van der Waals surface area (Å²) in [4.78, 5) is 19.3. The number of carbonyl (C=O) groups excluding carboxylic acids is 1. The van der Waals surface area contributed by atoms with Crippen molar-refractivity contribution < 1.29 is 35.9 Å². The highest BCUT2D eigenvalue weighted by Gasteiger charge is 2.34. The Bertz CT molecular complexity index is 1160. The summed E-state index contributed by atoms with van der Waals surface area (Å²) in [6.07, 6.45) is -7.06. The molecule has 13 heteroatoms. The second-order valence-corrected chi connectivity index (χ2v) is 6.85. The molecule has 4 rings (SSSR count). The summed E-state index contributed by atoms with van der Waals surface area (Å²) in [5, 5.41) is 6.97. The standard InChI is InChI=1S/C19H13F6N5O2/c20-18(21,22)15-7-10(1-4-26-15)13-9-14-12(3-6-30(14)29-13)28-17(31)11-2-5-27-16(8-11)32-19(23,24)25/h1-2,4-5,7-9,12H,3,6H2,(H,28,31)/t12-/m0/s1. The Labute approximate surface area is 176 Å². The normalized spacial score (nSPS) is 16.0. The fourth-order valence-electron chi connectivity index (χ4n) is 3.29. The van der Waals surface area contributed by atoms with Crippen LogP contribution >= 0.6 is 0 Å². The maximum Gasteiger partial charge on any atom is 0.574 e. The molecule has 1 amide bonds. The van der Waals surface area contributed by atoms with E-state index < -0.39 is 36.1 Å². The van der Waals surface area contributed by atoms with E-state index in [0.29, 0.717) is 18.7 Å². The van der Waals surface area contributed by atoms with Gasteiger partial charge in [-0.05, 0) is 30.7 Å². The van der Waals surface area contributed by atoms with Crippen molar-refractivity contribution in [1.29, 1.82) is 0 Å². The van der Waals surface area contributed by atoms with Crippen molar-refractivity contribution in [3.63, 3.8) is 0 Å². The zero-order valence-corrected chi connectivity index (χ0v) is 15.9. The van der Waals surface area contributed by atoms with E-state index in [1.807, 2.05) is 0 Å². The molecular formula is C19H13F6N5O2. The van der Waals surface area contributed by atoms with Gasteiger partial charge in [-0.15, -0.1) is 13.2 Å². The number of hydrogen-bond donors (Lipinski definition) is 1. The number of hydrogen-bond acceptors (Lipinski definition) is 5. The minimum atomic E-state index is -4.95. The lowest BCUT2D eigenvalue weighted by Crippen LogP contribution is -2.27. The number of alkyl halides is 6. The maximum absolute atomic E-state index is 12.9. The summed E-state index contributed by atoms with van der Waals surface area (Å²) in [5.74, 6) is -1.44. The van der Waals surface area contributed by atoms with Gasteiger partial charge in [0, 0.05) is 36.1 Å². The van der Waals surface area contributed by atoms with Gasteiger partial charge in [-0.3, -0.25) is 14.5 Å². The Hall–Kier alpha value is -3.64. The molecule has 0 aromatic carbocycles. The van der Waals surface area contributed by atoms with Crippen LogP contribution in [-0.2, 0) is 12.7 Å². The third-order valence-electron chi connectivity index (χ3n) is 4.67. The lowest BCUT2D eigenvalue weighted by molar-refractivity contribution is -0.276. The summed E-state index contributed by atoms with van der Waals surface area (Å²) in [7, 11) is 0. The van der Waals surface area contributed by atoms with Crippen molar-refractivity contribution in [2.24, 2.45) is 0 Å². The summed E-state index contributed by atoms with van der Waals surface area (Å²) in [6, 6.07) is 5.37. The van der Waals surface area contributed by atoms with Crippen LogP contribution in [0.15, 0.2) is 42.7 Å². The van der Waals surface area contributed by atoms with E-state index in [0.717, 1.165) is 24.5 Å². The zero-order valence-electron chi connectivity index (χ0n) is 15.9. The van der Waals surface area contributed by atoms with Crippen LogP contribution in [0.5, 0.6) is 5.88 Å². The van der Waals surface area contributed by atoms with Gasteiger partial charge in [0.1, 0.15) is 5.69 Å². The van der Waals surface area contributed by atoms with Crippen molar-refractivity contribution in [2.75, 3.05) is 0 Å². The highest BCUT2D eigenvalue weighted by molar-refractivity contribution is 5.94. The average Bonchev–Trinajstić information content (AvgIpc) is 3.28. The first kappa shape index (κ1) is 21.6. The number of aromatic nitrogens is 4. The molecule has 0 bridgehead atoms. The molecule has 1 aliphatic heterocycles. The van der Waals surface area contributed by atoms with E-state index in [9.17, 15) is 31.1 Å². The number of fused-ring (bicyclic) bond motifs is 1. The van der Waals surface area contributed by atoms with Crippen LogP contribution < -0.4 is 10.1 Å². The first-order chi connectivity index (χ1) is 15.0. The fraction of sp³-hybridized carbons (Fsp3) is 0.263. The first-order valence-corrected chi connectivity index (χ1v) is 9.13. The number of rotatable bonds is 4. The monoisotopic (exact) mass is 457 g/mol. The van der Waals surface area contributed by atoms with E-state index in [-0.39, 0.29) is 16.8 Å². The van der Waals surface area contributed by atoms with Gasteiger partial charge in [-0.2, -0.15) is 18.3 Å². The summed E-state index contributed by atoms with van der Waals surface area (Å²) < 4.78 is 81.1. The van der Waals surface area contributed by atoms with Crippen LogP contribution in [0.4, 0.5) is 26.3 Å². The molecule has 0 spiro atoms. The molecule has 32 heavy (non-hydrogen) atoms. The highest BCUT2D eigenvalue weighted by Crippen LogP contribution is 2.33. The van der Waals surface area contributed by atoms with Crippen molar-refractivity contribution in [1.82, 2.24) is 25.1 Å². The quantitative estimate of drug-likeness (QED) is 0.596.